The summed E-state index contributed by atoms with van der Waals surface area (Å²) in [5.41, 5.74) is 1.28. The number of hydrogen-bond donors (Lipinski definition) is 2. The first-order valence-electron chi connectivity index (χ1n) is 6.92. The Labute approximate surface area is 129 Å². The standard InChI is InChI=1S/C16H18ClNO3/c1-11-8-13(10-21-11)16(20)18-15-9-14(17)6-5-12(15)4-2-3-7-19/h5-6,9,11,13,19H,3,7-8,10H2,1H3,(H,18,20). The van der Waals surface area contributed by atoms with Gasteiger partial charge in [-0.3, -0.25) is 4.79 Å². The van der Waals surface area contributed by atoms with Crippen LogP contribution in [0.5, 0.6) is 0 Å². The van der Waals surface area contributed by atoms with Crippen LogP contribution in [0.2, 0.25) is 5.02 Å². The molecule has 0 bridgehead atoms. The van der Waals surface area contributed by atoms with E-state index < -0.39 is 0 Å². The van der Waals surface area contributed by atoms with Crippen LogP contribution in [0.15, 0.2) is 18.2 Å². The first-order valence-corrected chi connectivity index (χ1v) is 7.29. The number of carbonyl (C=O) groups is 1. The molecule has 5 heteroatoms. The third-order valence-electron chi connectivity index (χ3n) is 3.27. The number of aliphatic hydroxyl groups excluding tert-OH is 1. The van der Waals surface area contributed by atoms with Gasteiger partial charge in [-0.1, -0.05) is 23.4 Å². The minimum absolute atomic E-state index is 0.0135. The van der Waals surface area contributed by atoms with Crippen molar-refractivity contribution in [1.29, 1.82) is 0 Å². The maximum atomic E-state index is 12.2. The van der Waals surface area contributed by atoms with Crippen LogP contribution in [-0.4, -0.2) is 30.3 Å². The number of rotatable bonds is 3. The van der Waals surface area contributed by atoms with Gasteiger partial charge in [-0.15, -0.1) is 0 Å². The Hall–Kier alpha value is -1.54. The van der Waals surface area contributed by atoms with E-state index in [2.05, 4.69) is 17.2 Å². The Morgan fingerprint density at radius 2 is 2.38 bits per heavy atom. The molecule has 1 fully saturated rings. The van der Waals surface area contributed by atoms with Crippen LogP contribution in [0, 0.1) is 17.8 Å². The fraction of sp³-hybridized carbons (Fsp3) is 0.438. The van der Waals surface area contributed by atoms with Crippen molar-refractivity contribution >= 4 is 23.2 Å². The summed E-state index contributed by atoms with van der Waals surface area (Å²) >= 11 is 5.98. The molecule has 112 valence electrons. The van der Waals surface area contributed by atoms with E-state index in [1.54, 1.807) is 18.2 Å². The van der Waals surface area contributed by atoms with E-state index in [-0.39, 0.29) is 24.5 Å². The quantitative estimate of drug-likeness (QED) is 0.843. The normalized spacial score (nSPS) is 20.7. The SMILES string of the molecule is CC1CC(C(=O)Nc2cc(Cl)ccc2C#CCCO)CO1. The minimum atomic E-state index is -0.141. The monoisotopic (exact) mass is 307 g/mol. The Balaban J connectivity index is 2.13. The smallest absolute Gasteiger partial charge is 0.229 e. The summed E-state index contributed by atoms with van der Waals surface area (Å²) in [6.07, 6.45) is 1.23. The topological polar surface area (TPSA) is 58.6 Å². The number of halogens is 1. The molecule has 0 radical (unpaired) electrons. The molecule has 1 saturated heterocycles. The average Bonchev–Trinajstić information content (AvgIpc) is 2.88. The molecule has 1 aromatic rings. The van der Waals surface area contributed by atoms with Gasteiger partial charge in [0.25, 0.3) is 0 Å². The highest BCUT2D eigenvalue weighted by atomic mass is 35.5. The third kappa shape index (κ3) is 4.47. The first-order chi connectivity index (χ1) is 10.1. The summed E-state index contributed by atoms with van der Waals surface area (Å²) in [5, 5.41) is 12.2. The molecule has 1 aromatic carbocycles. The molecule has 2 N–H and O–H groups in total. The van der Waals surface area contributed by atoms with Crippen molar-refractivity contribution in [2.45, 2.75) is 25.9 Å². The number of benzene rings is 1. The number of carbonyl (C=O) groups excluding carboxylic acids is 1. The molecule has 4 nitrogen and oxygen atoms in total. The lowest BCUT2D eigenvalue weighted by Crippen LogP contribution is -2.23. The molecular formula is C16H18ClNO3. The maximum absolute atomic E-state index is 12.2. The van der Waals surface area contributed by atoms with E-state index in [1.165, 1.54) is 0 Å². The average molecular weight is 308 g/mol. The van der Waals surface area contributed by atoms with Gasteiger partial charge >= 0.3 is 0 Å². The van der Waals surface area contributed by atoms with Crippen molar-refractivity contribution in [2.75, 3.05) is 18.5 Å². The Morgan fingerprint density at radius 3 is 3.05 bits per heavy atom. The maximum Gasteiger partial charge on any atom is 0.229 e. The van der Waals surface area contributed by atoms with Gasteiger partial charge in [0.05, 0.1) is 30.9 Å². The molecule has 2 atom stereocenters. The summed E-state index contributed by atoms with van der Waals surface area (Å²) in [4.78, 5) is 12.2. The van der Waals surface area contributed by atoms with Crippen LogP contribution in [-0.2, 0) is 9.53 Å². The van der Waals surface area contributed by atoms with Crippen LogP contribution in [0.4, 0.5) is 5.69 Å². The van der Waals surface area contributed by atoms with E-state index >= 15 is 0 Å². The van der Waals surface area contributed by atoms with Gasteiger partial charge in [-0.2, -0.15) is 0 Å². The second-order valence-corrected chi connectivity index (χ2v) is 5.47. The zero-order valence-electron chi connectivity index (χ0n) is 11.9. The van der Waals surface area contributed by atoms with E-state index in [0.29, 0.717) is 29.3 Å². The number of ether oxygens (including phenoxy) is 1. The number of amides is 1. The second-order valence-electron chi connectivity index (χ2n) is 5.03. The van der Waals surface area contributed by atoms with Gasteiger partial charge in [0.1, 0.15) is 0 Å². The molecule has 1 aliphatic rings. The summed E-state index contributed by atoms with van der Waals surface area (Å²) in [7, 11) is 0. The zero-order valence-corrected chi connectivity index (χ0v) is 12.6. The molecule has 2 unspecified atom stereocenters. The summed E-state index contributed by atoms with van der Waals surface area (Å²) < 4.78 is 5.42. The highest BCUT2D eigenvalue weighted by Gasteiger charge is 2.28. The van der Waals surface area contributed by atoms with Gasteiger partial charge in [0.15, 0.2) is 0 Å². The van der Waals surface area contributed by atoms with Crippen LogP contribution in [0.25, 0.3) is 0 Å². The highest BCUT2D eigenvalue weighted by Crippen LogP contribution is 2.24. The zero-order chi connectivity index (χ0) is 15.2. The van der Waals surface area contributed by atoms with Crippen molar-refractivity contribution in [3.05, 3.63) is 28.8 Å². The molecular weight excluding hydrogens is 290 g/mol. The molecule has 0 spiro atoms. The Morgan fingerprint density at radius 1 is 1.57 bits per heavy atom. The lowest BCUT2D eigenvalue weighted by atomic mass is 10.0. The molecule has 0 saturated carbocycles. The lowest BCUT2D eigenvalue weighted by molar-refractivity contribution is -0.119. The van der Waals surface area contributed by atoms with Gasteiger partial charge in [-0.05, 0) is 31.5 Å². The van der Waals surface area contributed by atoms with E-state index in [4.69, 9.17) is 21.4 Å². The molecule has 2 rings (SSSR count). The Kier molecular flexibility index (Phi) is 5.63. The summed E-state index contributed by atoms with van der Waals surface area (Å²) in [5.74, 6) is 5.56. The Bertz CT molecular complexity index is 577. The molecule has 21 heavy (non-hydrogen) atoms. The molecule has 0 aromatic heterocycles. The highest BCUT2D eigenvalue weighted by molar-refractivity contribution is 6.31. The van der Waals surface area contributed by atoms with Crippen molar-refractivity contribution in [3.63, 3.8) is 0 Å². The van der Waals surface area contributed by atoms with Crippen molar-refractivity contribution < 1.29 is 14.6 Å². The van der Waals surface area contributed by atoms with Crippen LogP contribution in [0.3, 0.4) is 0 Å². The van der Waals surface area contributed by atoms with Gasteiger partial charge in [-0.25, -0.2) is 0 Å². The minimum Gasteiger partial charge on any atom is -0.395 e. The third-order valence-corrected chi connectivity index (χ3v) is 3.50. The van der Waals surface area contributed by atoms with Crippen molar-refractivity contribution in [2.24, 2.45) is 5.92 Å². The molecule has 1 aliphatic heterocycles. The van der Waals surface area contributed by atoms with Gasteiger partial charge in [0, 0.05) is 17.0 Å². The fourth-order valence-electron chi connectivity index (χ4n) is 2.18. The van der Waals surface area contributed by atoms with Crippen LogP contribution in [0.1, 0.15) is 25.3 Å². The summed E-state index contributed by atoms with van der Waals surface area (Å²) in [6, 6.07) is 5.17. The van der Waals surface area contributed by atoms with E-state index in [1.807, 2.05) is 6.92 Å². The predicted molar refractivity (Wildman–Crippen MR) is 82.2 cm³/mol. The second kappa shape index (κ2) is 7.46. The molecule has 1 amide bonds. The van der Waals surface area contributed by atoms with Crippen molar-refractivity contribution in [3.8, 4) is 11.8 Å². The lowest BCUT2D eigenvalue weighted by Gasteiger charge is -2.11. The summed E-state index contributed by atoms with van der Waals surface area (Å²) in [6.45, 7) is 2.41. The van der Waals surface area contributed by atoms with E-state index in [0.717, 1.165) is 6.42 Å². The van der Waals surface area contributed by atoms with Crippen LogP contribution < -0.4 is 5.32 Å². The number of nitrogens with one attached hydrogen (secondary N) is 1. The number of aliphatic hydroxyl groups is 1. The molecule has 0 aliphatic carbocycles. The van der Waals surface area contributed by atoms with E-state index in [9.17, 15) is 4.79 Å². The fourth-order valence-corrected chi connectivity index (χ4v) is 2.35. The van der Waals surface area contributed by atoms with Gasteiger partial charge in [0.2, 0.25) is 5.91 Å². The first kappa shape index (κ1) is 15.8. The number of anilines is 1. The predicted octanol–water partition coefficient (Wildman–Crippen LogP) is 2.44. The molecule has 1 heterocycles. The largest absolute Gasteiger partial charge is 0.395 e. The van der Waals surface area contributed by atoms with Gasteiger partial charge < -0.3 is 15.2 Å². The number of hydrogen-bond acceptors (Lipinski definition) is 3. The van der Waals surface area contributed by atoms with Crippen LogP contribution >= 0.6 is 11.6 Å². The van der Waals surface area contributed by atoms with Crippen molar-refractivity contribution in [1.82, 2.24) is 0 Å².